The van der Waals surface area contributed by atoms with Crippen LogP contribution < -0.4 is 5.32 Å². The Morgan fingerprint density at radius 1 is 1.58 bits per heavy atom. The highest BCUT2D eigenvalue weighted by molar-refractivity contribution is 7.07. The molecule has 1 fully saturated rings. The summed E-state index contributed by atoms with van der Waals surface area (Å²) in [5.41, 5.74) is 1.06. The minimum absolute atomic E-state index is 0.169. The number of thiophene rings is 1. The molecular weight excluding hydrogens is 256 g/mol. The third-order valence-electron chi connectivity index (χ3n) is 4.00. The molecule has 1 atom stereocenters. The average Bonchev–Trinajstić information content (AvgIpc) is 2.92. The van der Waals surface area contributed by atoms with Crippen LogP contribution in [-0.4, -0.2) is 30.9 Å². The fourth-order valence-electron chi connectivity index (χ4n) is 3.08. The summed E-state index contributed by atoms with van der Waals surface area (Å²) in [6.07, 6.45) is 4.20. The van der Waals surface area contributed by atoms with Crippen LogP contribution >= 0.6 is 11.3 Å². The molecular formula is C15H24N2OS. The summed E-state index contributed by atoms with van der Waals surface area (Å²) >= 11 is 1.69. The summed E-state index contributed by atoms with van der Waals surface area (Å²) in [6.45, 7) is 4.79. The van der Waals surface area contributed by atoms with Crippen molar-refractivity contribution in [2.24, 2.45) is 5.41 Å². The molecule has 19 heavy (non-hydrogen) atoms. The molecule has 0 aliphatic carbocycles. The fraction of sp³-hybridized carbons (Fsp3) is 0.667. The van der Waals surface area contributed by atoms with Gasteiger partial charge >= 0.3 is 0 Å². The van der Waals surface area contributed by atoms with Crippen LogP contribution in [0.4, 0.5) is 0 Å². The lowest BCUT2D eigenvalue weighted by atomic mass is 9.75. The van der Waals surface area contributed by atoms with Gasteiger partial charge in [0.1, 0.15) is 0 Å². The quantitative estimate of drug-likeness (QED) is 0.899. The van der Waals surface area contributed by atoms with E-state index in [0.717, 1.165) is 45.3 Å². The monoisotopic (exact) mass is 280 g/mol. The third kappa shape index (κ3) is 3.37. The molecule has 1 amide bonds. The van der Waals surface area contributed by atoms with Gasteiger partial charge in [-0.05, 0) is 48.2 Å². The van der Waals surface area contributed by atoms with Gasteiger partial charge in [-0.25, -0.2) is 0 Å². The van der Waals surface area contributed by atoms with E-state index in [1.54, 1.807) is 11.3 Å². The van der Waals surface area contributed by atoms with Crippen molar-refractivity contribution in [1.29, 1.82) is 0 Å². The molecule has 106 valence electrons. The van der Waals surface area contributed by atoms with E-state index in [1.165, 1.54) is 5.56 Å². The Bertz CT molecular complexity index is 391. The highest BCUT2D eigenvalue weighted by atomic mass is 32.1. The normalized spacial score (nSPS) is 23.3. The van der Waals surface area contributed by atoms with Crippen molar-refractivity contribution >= 4 is 17.2 Å². The second kappa shape index (κ2) is 6.53. The van der Waals surface area contributed by atoms with Crippen LogP contribution in [0.15, 0.2) is 16.8 Å². The number of rotatable bonds is 5. The molecule has 1 aromatic rings. The first-order valence-electron chi connectivity index (χ1n) is 7.15. The zero-order chi connectivity index (χ0) is 13.7. The zero-order valence-electron chi connectivity index (χ0n) is 11.9. The van der Waals surface area contributed by atoms with Crippen LogP contribution in [0.2, 0.25) is 0 Å². The maximum Gasteiger partial charge on any atom is 0.230 e. The van der Waals surface area contributed by atoms with Gasteiger partial charge in [-0.1, -0.05) is 13.3 Å². The number of piperidine rings is 1. The Morgan fingerprint density at radius 2 is 2.42 bits per heavy atom. The molecule has 1 aliphatic heterocycles. The van der Waals surface area contributed by atoms with Crippen molar-refractivity contribution in [2.45, 2.75) is 39.2 Å². The van der Waals surface area contributed by atoms with Gasteiger partial charge in [-0.15, -0.1) is 0 Å². The summed E-state index contributed by atoms with van der Waals surface area (Å²) in [7, 11) is 1.94. The number of nitrogens with zero attached hydrogens (tertiary/aromatic N) is 1. The molecule has 1 aliphatic rings. The Balaban J connectivity index is 2.05. The van der Waals surface area contributed by atoms with Gasteiger partial charge in [0.25, 0.3) is 0 Å². The molecule has 4 heteroatoms. The van der Waals surface area contributed by atoms with Crippen molar-refractivity contribution in [2.75, 3.05) is 20.1 Å². The summed E-state index contributed by atoms with van der Waals surface area (Å²) < 4.78 is 0. The lowest BCUT2D eigenvalue weighted by Crippen LogP contribution is -2.50. The largest absolute Gasteiger partial charge is 0.341 e. The summed E-state index contributed by atoms with van der Waals surface area (Å²) in [5, 5.41) is 7.60. The van der Waals surface area contributed by atoms with Crippen molar-refractivity contribution in [3.05, 3.63) is 22.4 Å². The molecule has 0 aromatic carbocycles. The van der Waals surface area contributed by atoms with Gasteiger partial charge in [0.05, 0.1) is 5.41 Å². The number of amides is 1. The van der Waals surface area contributed by atoms with E-state index in [0.29, 0.717) is 5.91 Å². The number of carbonyl (C=O) groups is 1. The Morgan fingerprint density at radius 3 is 3.00 bits per heavy atom. The molecule has 0 bridgehead atoms. The molecule has 2 heterocycles. The van der Waals surface area contributed by atoms with E-state index in [4.69, 9.17) is 0 Å². The lowest BCUT2D eigenvalue weighted by molar-refractivity contribution is -0.143. The van der Waals surface area contributed by atoms with Gasteiger partial charge in [-0.2, -0.15) is 11.3 Å². The number of carbonyl (C=O) groups excluding carboxylic acids is 1. The van der Waals surface area contributed by atoms with Gasteiger partial charge in [0.2, 0.25) is 5.91 Å². The van der Waals surface area contributed by atoms with E-state index in [-0.39, 0.29) is 5.41 Å². The number of hydrogen-bond acceptors (Lipinski definition) is 3. The van der Waals surface area contributed by atoms with E-state index >= 15 is 0 Å². The van der Waals surface area contributed by atoms with E-state index < -0.39 is 0 Å². The minimum Gasteiger partial charge on any atom is -0.341 e. The topological polar surface area (TPSA) is 32.3 Å². The average molecular weight is 280 g/mol. The molecule has 3 nitrogen and oxygen atoms in total. The van der Waals surface area contributed by atoms with Crippen molar-refractivity contribution in [3.63, 3.8) is 0 Å². The Hall–Kier alpha value is -0.870. The Kier molecular flexibility index (Phi) is 4.99. The first kappa shape index (κ1) is 14.5. The van der Waals surface area contributed by atoms with E-state index in [2.05, 4.69) is 29.1 Å². The number of nitrogens with one attached hydrogen (secondary N) is 1. The minimum atomic E-state index is -0.169. The second-order valence-electron chi connectivity index (χ2n) is 5.60. The van der Waals surface area contributed by atoms with Crippen LogP contribution in [0.5, 0.6) is 0 Å². The molecule has 1 aromatic heterocycles. The van der Waals surface area contributed by atoms with Crippen molar-refractivity contribution < 1.29 is 4.79 Å². The summed E-state index contributed by atoms with van der Waals surface area (Å²) in [6, 6.07) is 2.10. The molecule has 0 saturated carbocycles. The maximum absolute atomic E-state index is 12.8. The molecule has 2 rings (SSSR count). The highest BCUT2D eigenvalue weighted by Gasteiger charge is 2.40. The summed E-state index contributed by atoms with van der Waals surface area (Å²) in [5.74, 6) is 0.313. The van der Waals surface area contributed by atoms with Crippen LogP contribution in [0.25, 0.3) is 0 Å². The SMILES string of the molecule is CCCC1(C(=O)N(C)Cc2ccsc2)CCCNC1. The molecule has 0 spiro atoms. The standard InChI is InChI=1S/C15H24N2OS/c1-3-6-15(7-4-8-16-12-15)14(18)17(2)10-13-5-9-19-11-13/h5,9,11,16H,3-4,6-8,10,12H2,1-2H3. The summed E-state index contributed by atoms with van der Waals surface area (Å²) in [4.78, 5) is 14.7. The first-order valence-corrected chi connectivity index (χ1v) is 8.09. The van der Waals surface area contributed by atoms with Crippen LogP contribution in [0.3, 0.4) is 0 Å². The molecule has 1 unspecified atom stereocenters. The first-order chi connectivity index (χ1) is 9.18. The van der Waals surface area contributed by atoms with Gasteiger partial charge in [-0.3, -0.25) is 4.79 Å². The van der Waals surface area contributed by atoms with E-state index in [9.17, 15) is 4.79 Å². The molecule has 1 N–H and O–H groups in total. The van der Waals surface area contributed by atoms with Gasteiger partial charge in [0, 0.05) is 20.1 Å². The predicted octanol–water partition coefficient (Wildman–Crippen LogP) is 2.88. The highest BCUT2D eigenvalue weighted by Crippen LogP contribution is 2.34. The Labute approximate surface area is 120 Å². The van der Waals surface area contributed by atoms with Gasteiger partial charge in [0.15, 0.2) is 0 Å². The third-order valence-corrected chi connectivity index (χ3v) is 4.73. The predicted molar refractivity (Wildman–Crippen MR) is 80.2 cm³/mol. The number of hydrogen-bond donors (Lipinski definition) is 1. The van der Waals surface area contributed by atoms with Crippen LogP contribution in [0.1, 0.15) is 38.2 Å². The fourth-order valence-corrected chi connectivity index (χ4v) is 3.74. The van der Waals surface area contributed by atoms with Crippen LogP contribution in [-0.2, 0) is 11.3 Å². The molecule has 0 radical (unpaired) electrons. The van der Waals surface area contributed by atoms with Crippen LogP contribution in [0, 0.1) is 5.41 Å². The second-order valence-corrected chi connectivity index (χ2v) is 6.38. The maximum atomic E-state index is 12.8. The van der Waals surface area contributed by atoms with E-state index in [1.807, 2.05) is 11.9 Å². The smallest absolute Gasteiger partial charge is 0.230 e. The van der Waals surface area contributed by atoms with Gasteiger partial charge < -0.3 is 10.2 Å². The lowest BCUT2D eigenvalue weighted by Gasteiger charge is -2.39. The zero-order valence-corrected chi connectivity index (χ0v) is 12.8. The van der Waals surface area contributed by atoms with Crippen molar-refractivity contribution in [1.82, 2.24) is 10.2 Å². The molecule has 1 saturated heterocycles. The van der Waals surface area contributed by atoms with Crippen molar-refractivity contribution in [3.8, 4) is 0 Å².